The molecular formula is C12H12N2O3S. The first-order valence-corrected chi connectivity index (χ1v) is 6.71. The lowest BCUT2D eigenvalue weighted by Crippen LogP contribution is -2.18. The van der Waals surface area contributed by atoms with Crippen LogP contribution in [0.1, 0.15) is 11.3 Å². The van der Waals surface area contributed by atoms with Crippen molar-refractivity contribution in [2.45, 2.75) is 11.8 Å². The predicted molar refractivity (Wildman–Crippen MR) is 67.8 cm³/mol. The largest absolute Gasteiger partial charge is 0.463 e. The second kappa shape index (κ2) is 5.05. The summed E-state index contributed by atoms with van der Waals surface area (Å²) in [5, 5.41) is 3.63. The highest BCUT2D eigenvalue weighted by Gasteiger charge is 2.11. The Morgan fingerprint density at radius 1 is 1.22 bits per heavy atom. The van der Waals surface area contributed by atoms with Crippen LogP contribution in [0.3, 0.4) is 0 Å². The molecular weight excluding hydrogens is 252 g/mol. The average Bonchev–Trinajstić information content (AvgIpc) is 2.82. The molecule has 0 aliphatic carbocycles. The summed E-state index contributed by atoms with van der Waals surface area (Å²) in [5.74, 6) is 0.474. The van der Waals surface area contributed by atoms with Crippen LogP contribution in [-0.2, 0) is 10.0 Å². The van der Waals surface area contributed by atoms with Gasteiger partial charge in [-0.1, -0.05) is 17.7 Å². The molecule has 1 aromatic heterocycles. The number of benzene rings is 1. The van der Waals surface area contributed by atoms with Gasteiger partial charge in [0.05, 0.1) is 17.4 Å². The lowest BCUT2D eigenvalue weighted by atomic mass is 10.2. The van der Waals surface area contributed by atoms with Gasteiger partial charge in [-0.15, -0.1) is 0 Å². The number of rotatable bonds is 4. The molecule has 94 valence electrons. The molecule has 0 aliphatic heterocycles. The predicted octanol–water partition coefficient (Wildman–Crippen LogP) is 1.90. The molecule has 5 nitrogen and oxygen atoms in total. The zero-order valence-electron chi connectivity index (χ0n) is 9.70. The van der Waals surface area contributed by atoms with E-state index in [0.29, 0.717) is 5.76 Å². The van der Waals surface area contributed by atoms with E-state index < -0.39 is 10.0 Å². The van der Waals surface area contributed by atoms with E-state index >= 15 is 0 Å². The molecule has 1 N–H and O–H groups in total. The molecule has 1 heterocycles. The summed E-state index contributed by atoms with van der Waals surface area (Å²) >= 11 is 0. The molecule has 1 aromatic carbocycles. The third-order valence-corrected chi connectivity index (χ3v) is 3.48. The third-order valence-electron chi connectivity index (χ3n) is 2.24. The van der Waals surface area contributed by atoms with Crippen LogP contribution in [0.25, 0.3) is 0 Å². The van der Waals surface area contributed by atoms with Crippen LogP contribution in [0, 0.1) is 6.92 Å². The molecule has 2 aromatic rings. The fourth-order valence-corrected chi connectivity index (χ4v) is 2.09. The van der Waals surface area contributed by atoms with Crippen LogP contribution in [-0.4, -0.2) is 14.6 Å². The highest BCUT2D eigenvalue weighted by Crippen LogP contribution is 2.09. The Morgan fingerprint density at radius 3 is 2.56 bits per heavy atom. The molecule has 0 unspecified atom stereocenters. The zero-order valence-corrected chi connectivity index (χ0v) is 10.5. The molecule has 0 atom stereocenters. The molecule has 0 aliphatic rings. The molecule has 0 spiro atoms. The Kier molecular flexibility index (Phi) is 3.47. The van der Waals surface area contributed by atoms with Gasteiger partial charge in [-0.3, -0.25) is 0 Å². The van der Waals surface area contributed by atoms with E-state index in [4.69, 9.17) is 4.42 Å². The molecule has 0 saturated heterocycles. The van der Waals surface area contributed by atoms with Crippen LogP contribution < -0.4 is 4.83 Å². The van der Waals surface area contributed by atoms with E-state index in [1.807, 2.05) is 6.92 Å². The lowest BCUT2D eigenvalue weighted by Gasteiger charge is -2.02. The van der Waals surface area contributed by atoms with Gasteiger partial charge < -0.3 is 4.42 Å². The minimum Gasteiger partial charge on any atom is -0.463 e. The van der Waals surface area contributed by atoms with Crippen molar-refractivity contribution in [2.24, 2.45) is 5.10 Å². The van der Waals surface area contributed by atoms with Gasteiger partial charge in [0.1, 0.15) is 5.76 Å². The summed E-state index contributed by atoms with van der Waals surface area (Å²) in [4.78, 5) is 2.29. The molecule has 18 heavy (non-hydrogen) atoms. The fourth-order valence-electron chi connectivity index (χ4n) is 1.29. The molecule has 0 bridgehead atoms. The maximum atomic E-state index is 11.8. The Balaban J connectivity index is 2.10. The summed E-state index contributed by atoms with van der Waals surface area (Å²) < 4.78 is 28.6. The first-order chi connectivity index (χ1) is 8.58. The quantitative estimate of drug-likeness (QED) is 0.677. The minimum atomic E-state index is -3.62. The monoisotopic (exact) mass is 264 g/mol. The summed E-state index contributed by atoms with van der Waals surface area (Å²) in [6.45, 7) is 1.89. The van der Waals surface area contributed by atoms with Crippen molar-refractivity contribution in [3.63, 3.8) is 0 Å². The van der Waals surface area contributed by atoms with Crippen LogP contribution in [0.15, 0.2) is 57.1 Å². The Morgan fingerprint density at radius 2 is 1.94 bits per heavy atom. The standard InChI is InChI=1S/C12H12N2O3S/c1-10-4-6-12(7-5-10)18(15,16)14-13-9-11-3-2-8-17-11/h2-9,14H,1H3. The van der Waals surface area contributed by atoms with Crippen LogP contribution in [0.4, 0.5) is 0 Å². The molecule has 0 saturated carbocycles. The SMILES string of the molecule is Cc1ccc(S(=O)(=O)NN=Cc2ccco2)cc1. The van der Waals surface area contributed by atoms with Gasteiger partial charge in [-0.05, 0) is 31.2 Å². The molecule has 0 radical (unpaired) electrons. The normalized spacial score (nSPS) is 11.8. The van der Waals surface area contributed by atoms with E-state index in [-0.39, 0.29) is 4.90 Å². The van der Waals surface area contributed by atoms with Crippen LogP contribution in [0.2, 0.25) is 0 Å². The van der Waals surface area contributed by atoms with Gasteiger partial charge in [0.25, 0.3) is 10.0 Å². The van der Waals surface area contributed by atoms with Gasteiger partial charge in [0.2, 0.25) is 0 Å². The molecule has 0 fully saturated rings. The van der Waals surface area contributed by atoms with Crippen molar-refractivity contribution in [3.05, 3.63) is 54.0 Å². The molecule has 2 rings (SSSR count). The van der Waals surface area contributed by atoms with Gasteiger partial charge in [0, 0.05) is 0 Å². The molecule has 6 heteroatoms. The Bertz CT molecular complexity index is 628. The number of nitrogens with zero attached hydrogens (tertiary/aromatic N) is 1. The second-order valence-corrected chi connectivity index (χ2v) is 5.34. The van der Waals surface area contributed by atoms with Crippen molar-refractivity contribution in [2.75, 3.05) is 0 Å². The summed E-state index contributed by atoms with van der Waals surface area (Å²) in [7, 11) is -3.62. The first kappa shape index (κ1) is 12.4. The Labute approximate surface area is 105 Å². The van der Waals surface area contributed by atoms with E-state index in [2.05, 4.69) is 9.93 Å². The zero-order chi connectivity index (χ0) is 13.0. The number of hydrogen-bond donors (Lipinski definition) is 1. The topological polar surface area (TPSA) is 71.7 Å². The number of nitrogens with one attached hydrogen (secondary N) is 1. The number of hydrazone groups is 1. The summed E-state index contributed by atoms with van der Waals surface area (Å²) in [6.07, 6.45) is 2.78. The molecule has 0 amide bonds. The van der Waals surface area contributed by atoms with E-state index in [1.54, 1.807) is 24.3 Å². The van der Waals surface area contributed by atoms with Gasteiger partial charge in [-0.2, -0.15) is 18.4 Å². The number of hydrogen-bond acceptors (Lipinski definition) is 4. The van der Waals surface area contributed by atoms with Crippen molar-refractivity contribution >= 4 is 16.2 Å². The maximum absolute atomic E-state index is 11.8. The lowest BCUT2D eigenvalue weighted by molar-refractivity contribution is 0.559. The highest BCUT2D eigenvalue weighted by atomic mass is 32.2. The number of furan rings is 1. The average molecular weight is 264 g/mol. The van der Waals surface area contributed by atoms with E-state index in [1.165, 1.54) is 24.6 Å². The third kappa shape index (κ3) is 2.98. The summed E-state index contributed by atoms with van der Waals surface area (Å²) in [6, 6.07) is 9.87. The fraction of sp³-hybridized carbons (Fsp3) is 0.0833. The first-order valence-electron chi connectivity index (χ1n) is 5.23. The van der Waals surface area contributed by atoms with Crippen molar-refractivity contribution in [1.29, 1.82) is 0 Å². The number of sulfonamides is 1. The van der Waals surface area contributed by atoms with Gasteiger partial charge >= 0.3 is 0 Å². The minimum absolute atomic E-state index is 0.171. The van der Waals surface area contributed by atoms with Gasteiger partial charge in [0.15, 0.2) is 0 Å². The van der Waals surface area contributed by atoms with Crippen molar-refractivity contribution in [3.8, 4) is 0 Å². The number of aryl methyl sites for hydroxylation is 1. The smallest absolute Gasteiger partial charge is 0.276 e. The van der Waals surface area contributed by atoms with Crippen LogP contribution >= 0.6 is 0 Å². The summed E-state index contributed by atoms with van der Waals surface area (Å²) in [5.41, 5.74) is 0.994. The van der Waals surface area contributed by atoms with Crippen molar-refractivity contribution in [1.82, 2.24) is 4.83 Å². The van der Waals surface area contributed by atoms with E-state index in [9.17, 15) is 8.42 Å². The van der Waals surface area contributed by atoms with Crippen molar-refractivity contribution < 1.29 is 12.8 Å². The van der Waals surface area contributed by atoms with Gasteiger partial charge in [-0.25, -0.2) is 0 Å². The Hall–Kier alpha value is -2.08. The van der Waals surface area contributed by atoms with E-state index in [0.717, 1.165) is 5.56 Å². The maximum Gasteiger partial charge on any atom is 0.276 e. The van der Waals surface area contributed by atoms with Crippen LogP contribution in [0.5, 0.6) is 0 Å². The second-order valence-electron chi connectivity index (χ2n) is 3.68. The highest BCUT2D eigenvalue weighted by molar-refractivity contribution is 7.89.